The summed E-state index contributed by atoms with van der Waals surface area (Å²) in [5.41, 5.74) is 9.62. The highest BCUT2D eigenvalue weighted by Crippen LogP contribution is 2.45. The fourth-order valence-electron chi connectivity index (χ4n) is 8.98. The number of aromatic nitrogens is 5. The number of pyridine rings is 1. The summed E-state index contributed by atoms with van der Waals surface area (Å²) in [6, 6.07) is 53.7. The SMILES string of the molecule is CC(C)(C)c1cc(C(F)(F)F)c2c3ccc(-c4cccc5c4nc(-c4cccc6c4[nH]c4ccccc46)n5-c4ccccc4)cc3n(-c3cc(-c4ccccc4)ccn3)c2c1. The zero-order chi connectivity index (χ0) is 41.6. The number of fused-ring (bicyclic) bond motifs is 7. The Balaban J connectivity index is 1.20. The number of para-hydroxylation sites is 4. The summed E-state index contributed by atoms with van der Waals surface area (Å²) in [7, 11) is 0. The Bertz CT molecular complexity index is 3500. The van der Waals surface area contributed by atoms with Gasteiger partial charge in [0.15, 0.2) is 0 Å². The van der Waals surface area contributed by atoms with Gasteiger partial charge < -0.3 is 4.98 Å². The third-order valence-electron chi connectivity index (χ3n) is 11.9. The zero-order valence-electron chi connectivity index (χ0n) is 33.6. The molecular formula is C53H38F3N5. The van der Waals surface area contributed by atoms with Crippen molar-refractivity contribution < 1.29 is 13.2 Å². The summed E-state index contributed by atoms with van der Waals surface area (Å²) in [4.78, 5) is 14.0. The fraction of sp³-hybridized carbons (Fsp3) is 0.0943. The maximum Gasteiger partial charge on any atom is 0.417 e. The van der Waals surface area contributed by atoms with E-state index in [9.17, 15) is 0 Å². The topological polar surface area (TPSA) is 51.4 Å². The van der Waals surface area contributed by atoms with Crippen LogP contribution >= 0.6 is 0 Å². The quantitative estimate of drug-likeness (QED) is 0.188. The van der Waals surface area contributed by atoms with Gasteiger partial charge in [0.2, 0.25) is 0 Å². The molecule has 0 atom stereocenters. The Labute approximate surface area is 349 Å². The van der Waals surface area contributed by atoms with Gasteiger partial charge in [0.25, 0.3) is 0 Å². The minimum Gasteiger partial charge on any atom is -0.354 e. The van der Waals surface area contributed by atoms with E-state index in [1.54, 1.807) is 6.20 Å². The van der Waals surface area contributed by atoms with Crippen molar-refractivity contribution in [2.24, 2.45) is 0 Å². The van der Waals surface area contributed by atoms with Gasteiger partial charge in [-0.05, 0) is 88.3 Å². The van der Waals surface area contributed by atoms with Crippen LogP contribution in [0.25, 0.3) is 99.8 Å². The highest BCUT2D eigenvalue weighted by molar-refractivity contribution is 6.14. The summed E-state index contributed by atoms with van der Waals surface area (Å²) in [5, 5.41) is 2.88. The molecular weight excluding hydrogens is 764 g/mol. The zero-order valence-corrected chi connectivity index (χ0v) is 33.6. The molecule has 0 aliphatic heterocycles. The molecule has 7 aromatic carbocycles. The number of aromatic amines is 1. The number of imidazole rings is 1. The molecule has 0 saturated heterocycles. The van der Waals surface area contributed by atoms with Crippen molar-refractivity contribution in [2.45, 2.75) is 32.4 Å². The smallest absolute Gasteiger partial charge is 0.354 e. The molecule has 0 unspecified atom stereocenters. The van der Waals surface area contributed by atoms with Crippen molar-refractivity contribution in [3.05, 3.63) is 181 Å². The van der Waals surface area contributed by atoms with Crippen LogP contribution in [0.15, 0.2) is 170 Å². The van der Waals surface area contributed by atoms with E-state index in [2.05, 4.69) is 58.1 Å². The molecule has 296 valence electrons. The van der Waals surface area contributed by atoms with E-state index in [-0.39, 0.29) is 5.39 Å². The second-order valence-electron chi connectivity index (χ2n) is 16.7. The number of H-pyrrole nitrogens is 1. The molecule has 0 spiro atoms. The number of benzene rings is 7. The van der Waals surface area contributed by atoms with E-state index in [1.807, 2.05) is 135 Å². The van der Waals surface area contributed by atoms with Crippen LogP contribution in [-0.2, 0) is 11.6 Å². The molecule has 11 rings (SSSR count). The number of hydrogen-bond acceptors (Lipinski definition) is 2. The van der Waals surface area contributed by atoms with Crippen molar-refractivity contribution in [1.29, 1.82) is 0 Å². The Morgan fingerprint density at radius 1 is 0.541 bits per heavy atom. The highest BCUT2D eigenvalue weighted by Gasteiger charge is 2.36. The Morgan fingerprint density at radius 3 is 2.05 bits per heavy atom. The van der Waals surface area contributed by atoms with Crippen molar-refractivity contribution in [2.75, 3.05) is 0 Å². The lowest BCUT2D eigenvalue weighted by Gasteiger charge is -2.22. The fourth-order valence-corrected chi connectivity index (χ4v) is 8.98. The summed E-state index contributed by atoms with van der Waals surface area (Å²) < 4.78 is 49.9. The second-order valence-corrected chi connectivity index (χ2v) is 16.7. The van der Waals surface area contributed by atoms with Crippen molar-refractivity contribution in [1.82, 2.24) is 24.1 Å². The van der Waals surface area contributed by atoms with Gasteiger partial charge >= 0.3 is 6.18 Å². The van der Waals surface area contributed by atoms with Crippen LogP contribution in [0.1, 0.15) is 31.9 Å². The molecule has 0 amide bonds. The van der Waals surface area contributed by atoms with Gasteiger partial charge in [0.1, 0.15) is 11.6 Å². The number of halogens is 3. The van der Waals surface area contributed by atoms with E-state index in [4.69, 9.17) is 9.97 Å². The van der Waals surface area contributed by atoms with Gasteiger partial charge in [0.05, 0.1) is 33.1 Å². The van der Waals surface area contributed by atoms with Crippen LogP contribution in [0.3, 0.4) is 0 Å². The summed E-state index contributed by atoms with van der Waals surface area (Å²) in [6.45, 7) is 5.82. The van der Waals surface area contributed by atoms with Crippen molar-refractivity contribution >= 4 is 54.6 Å². The maximum atomic E-state index is 15.3. The predicted octanol–water partition coefficient (Wildman–Crippen LogP) is 14.5. The summed E-state index contributed by atoms with van der Waals surface area (Å²) in [5.74, 6) is 1.30. The average Bonchev–Trinajstić information content (AvgIpc) is 3.96. The first-order chi connectivity index (χ1) is 29.5. The predicted molar refractivity (Wildman–Crippen MR) is 243 cm³/mol. The molecule has 4 heterocycles. The second kappa shape index (κ2) is 13.5. The minimum absolute atomic E-state index is 0.147. The molecule has 8 heteroatoms. The van der Waals surface area contributed by atoms with Gasteiger partial charge in [-0.2, -0.15) is 13.2 Å². The lowest BCUT2D eigenvalue weighted by molar-refractivity contribution is -0.136. The minimum atomic E-state index is -4.60. The Hall–Kier alpha value is -7.45. The van der Waals surface area contributed by atoms with E-state index in [0.29, 0.717) is 27.8 Å². The van der Waals surface area contributed by atoms with E-state index in [1.165, 1.54) is 6.07 Å². The molecule has 5 nitrogen and oxygen atoms in total. The highest BCUT2D eigenvalue weighted by atomic mass is 19.4. The molecule has 0 fully saturated rings. The largest absolute Gasteiger partial charge is 0.417 e. The average molecular weight is 802 g/mol. The van der Waals surface area contributed by atoms with Crippen LogP contribution in [0.4, 0.5) is 13.2 Å². The van der Waals surface area contributed by atoms with Crippen LogP contribution < -0.4 is 0 Å². The Morgan fingerprint density at radius 2 is 1.26 bits per heavy atom. The first kappa shape index (κ1) is 36.6. The number of hydrogen-bond donors (Lipinski definition) is 1. The van der Waals surface area contributed by atoms with Crippen LogP contribution in [-0.4, -0.2) is 24.1 Å². The molecule has 0 aliphatic rings. The number of nitrogens with zero attached hydrogens (tertiary/aromatic N) is 4. The lowest BCUT2D eigenvalue weighted by atomic mass is 9.85. The third-order valence-corrected chi connectivity index (χ3v) is 11.9. The number of nitrogens with one attached hydrogen (secondary N) is 1. The normalized spacial score (nSPS) is 12.4. The summed E-state index contributed by atoms with van der Waals surface area (Å²) >= 11 is 0. The first-order valence-corrected chi connectivity index (χ1v) is 20.3. The van der Waals surface area contributed by atoms with Gasteiger partial charge in [0, 0.05) is 50.1 Å². The van der Waals surface area contributed by atoms with Crippen LogP contribution in [0.2, 0.25) is 0 Å². The molecule has 1 N–H and O–H groups in total. The lowest BCUT2D eigenvalue weighted by Crippen LogP contribution is -2.14. The van der Waals surface area contributed by atoms with Gasteiger partial charge in [-0.25, -0.2) is 9.97 Å². The summed E-state index contributed by atoms with van der Waals surface area (Å²) in [6.07, 6.45) is -2.87. The van der Waals surface area contributed by atoms with Crippen molar-refractivity contribution in [3.63, 3.8) is 0 Å². The van der Waals surface area contributed by atoms with Crippen LogP contribution in [0.5, 0.6) is 0 Å². The molecule has 0 bridgehead atoms. The molecule has 0 saturated carbocycles. The van der Waals surface area contributed by atoms with Gasteiger partial charge in [-0.3, -0.25) is 9.13 Å². The van der Waals surface area contributed by atoms with Gasteiger partial charge in [-0.1, -0.05) is 124 Å². The van der Waals surface area contributed by atoms with E-state index < -0.39 is 17.2 Å². The van der Waals surface area contributed by atoms with Gasteiger partial charge in [-0.15, -0.1) is 0 Å². The molecule has 61 heavy (non-hydrogen) atoms. The van der Waals surface area contributed by atoms with Crippen LogP contribution in [0, 0.1) is 0 Å². The van der Waals surface area contributed by atoms with Crippen molar-refractivity contribution in [3.8, 4) is 45.1 Å². The Kier molecular flexibility index (Phi) is 8.13. The molecule has 0 radical (unpaired) electrons. The standard InChI is InChI=1S/C53H38F3N5/c1-52(2,3)35-30-42(53(54,55)56)48-40-25-24-34(28-45(40)61(46(48)31-35)47-29-33(26-27-57-47)32-14-6-4-7-15-32)37-19-13-23-44-50(37)59-51(60(44)36-16-8-5-9-17-36)41-21-12-20-39-38-18-10-11-22-43(38)58-49(39)41/h4-31,58H,1-3H3. The molecule has 11 aromatic rings. The molecule has 0 aliphatic carbocycles. The molecule has 4 aromatic heterocycles. The van der Waals surface area contributed by atoms with E-state index in [0.717, 1.165) is 72.2 Å². The first-order valence-electron chi connectivity index (χ1n) is 20.3. The third kappa shape index (κ3) is 5.92. The number of alkyl halides is 3. The van der Waals surface area contributed by atoms with E-state index >= 15 is 13.2 Å². The monoisotopic (exact) mass is 801 g/mol. The number of rotatable bonds is 5. The maximum absolute atomic E-state index is 15.3.